The Kier molecular flexibility index (Phi) is 3.38. The summed E-state index contributed by atoms with van der Waals surface area (Å²) in [4.78, 5) is 0. The Hall–Kier alpha value is -2.17. The van der Waals surface area contributed by atoms with Gasteiger partial charge in [0.2, 0.25) is 0 Å². The molecule has 0 aliphatic carbocycles. The molecule has 5 N–H and O–H groups in total. The number of nitrogens with zero attached hydrogens (tertiary/aromatic N) is 4. The topological polar surface area (TPSA) is 161 Å². The number of aliphatic hydroxyl groups is 3. The Bertz CT molecular complexity index is 572. The van der Waals surface area contributed by atoms with Crippen LogP contribution >= 0.6 is 0 Å². The fraction of sp³-hybridized carbons (Fsp3) is 0.500. The number of hydrogen-bond acceptors (Lipinski definition) is 8. The zero-order valence-electron chi connectivity index (χ0n) is 9.63. The first-order chi connectivity index (χ1) is 9.04. The van der Waals surface area contributed by atoms with Crippen molar-refractivity contribution in [3.63, 3.8) is 0 Å². The molecular weight excluding hydrogens is 254 g/mol. The van der Waals surface area contributed by atoms with E-state index < -0.39 is 31.1 Å². The van der Waals surface area contributed by atoms with Crippen molar-refractivity contribution in [2.75, 3.05) is 12.3 Å². The monoisotopic (exact) mass is 265 g/mol. The van der Waals surface area contributed by atoms with Crippen LogP contribution < -0.4 is 5.73 Å². The lowest BCUT2D eigenvalue weighted by Gasteiger charge is -2.16. The predicted molar refractivity (Wildman–Crippen MR) is 59.1 cm³/mol. The van der Waals surface area contributed by atoms with E-state index in [4.69, 9.17) is 26.1 Å². The number of hydrogen-bond donors (Lipinski definition) is 4. The molecule has 0 bridgehead atoms. The molecule has 1 saturated heterocycles. The Morgan fingerprint density at radius 3 is 2.42 bits per heavy atom. The van der Waals surface area contributed by atoms with E-state index in [0.717, 1.165) is 4.68 Å². The highest BCUT2D eigenvalue weighted by molar-refractivity contribution is 5.56. The minimum Gasteiger partial charge on any atom is -0.394 e. The third-order valence-corrected chi connectivity index (χ3v) is 2.92. The van der Waals surface area contributed by atoms with Crippen molar-refractivity contribution in [2.24, 2.45) is 0 Å². The molecule has 0 amide bonds. The summed E-state index contributed by atoms with van der Waals surface area (Å²) in [6, 6.07) is 3.43. The van der Waals surface area contributed by atoms with Crippen LogP contribution in [0, 0.1) is 22.7 Å². The van der Waals surface area contributed by atoms with Crippen molar-refractivity contribution in [1.29, 1.82) is 10.5 Å². The maximum atomic E-state index is 9.81. The van der Waals surface area contributed by atoms with Crippen LogP contribution in [0.2, 0.25) is 0 Å². The number of aromatic nitrogens is 2. The fourth-order valence-electron chi connectivity index (χ4n) is 1.91. The number of ether oxygens (including phenoxy) is 1. The molecule has 0 spiro atoms. The minimum absolute atomic E-state index is 0.125. The van der Waals surface area contributed by atoms with Gasteiger partial charge in [-0.2, -0.15) is 15.6 Å². The van der Waals surface area contributed by atoms with Gasteiger partial charge in [-0.25, -0.2) is 4.68 Å². The highest BCUT2D eigenvalue weighted by Crippen LogP contribution is 2.32. The van der Waals surface area contributed by atoms with E-state index in [1.165, 1.54) is 0 Å². The summed E-state index contributed by atoms with van der Waals surface area (Å²) in [5, 5.41) is 49.9. The van der Waals surface area contributed by atoms with E-state index in [0.29, 0.717) is 0 Å². The van der Waals surface area contributed by atoms with Gasteiger partial charge in [0, 0.05) is 0 Å². The second-order valence-corrected chi connectivity index (χ2v) is 4.01. The van der Waals surface area contributed by atoms with Crippen molar-refractivity contribution in [3.05, 3.63) is 11.3 Å². The maximum absolute atomic E-state index is 9.81. The zero-order valence-corrected chi connectivity index (χ0v) is 9.63. The second-order valence-electron chi connectivity index (χ2n) is 4.01. The van der Waals surface area contributed by atoms with Gasteiger partial charge in [0.15, 0.2) is 11.9 Å². The number of nitriles is 2. The molecule has 2 heterocycles. The van der Waals surface area contributed by atoms with Gasteiger partial charge in [-0.05, 0) is 0 Å². The highest BCUT2D eigenvalue weighted by Gasteiger charge is 2.44. The van der Waals surface area contributed by atoms with Crippen LogP contribution in [0.1, 0.15) is 17.5 Å². The molecule has 100 valence electrons. The molecule has 19 heavy (non-hydrogen) atoms. The Balaban J connectivity index is 2.42. The van der Waals surface area contributed by atoms with Crippen LogP contribution in [0.3, 0.4) is 0 Å². The van der Waals surface area contributed by atoms with E-state index in [9.17, 15) is 10.2 Å². The Morgan fingerprint density at radius 2 is 2.00 bits per heavy atom. The molecule has 0 radical (unpaired) electrons. The molecule has 1 aromatic rings. The van der Waals surface area contributed by atoms with Crippen LogP contribution in [0.15, 0.2) is 0 Å². The molecule has 0 saturated carbocycles. The molecular formula is C10H11N5O4. The van der Waals surface area contributed by atoms with E-state index >= 15 is 0 Å². The molecule has 4 atom stereocenters. The Labute approximate surface area is 107 Å². The SMILES string of the molecule is N#Cc1nn(C2OC(CO)C(O)C2O)c(N)c1C#N. The molecule has 1 fully saturated rings. The van der Waals surface area contributed by atoms with E-state index in [1.54, 1.807) is 12.1 Å². The van der Waals surface area contributed by atoms with Crippen molar-refractivity contribution in [1.82, 2.24) is 9.78 Å². The highest BCUT2D eigenvalue weighted by atomic mass is 16.6. The molecule has 1 aliphatic heterocycles. The Morgan fingerprint density at radius 1 is 1.32 bits per heavy atom. The van der Waals surface area contributed by atoms with E-state index in [2.05, 4.69) is 5.10 Å². The van der Waals surface area contributed by atoms with Gasteiger partial charge in [0.25, 0.3) is 0 Å². The first-order valence-electron chi connectivity index (χ1n) is 5.35. The lowest BCUT2D eigenvalue weighted by molar-refractivity contribution is -0.0575. The summed E-state index contributed by atoms with van der Waals surface area (Å²) in [6.45, 7) is -0.494. The maximum Gasteiger partial charge on any atom is 0.182 e. The van der Waals surface area contributed by atoms with Gasteiger partial charge < -0.3 is 25.8 Å². The normalized spacial score (nSPS) is 29.9. The molecule has 1 aliphatic rings. The largest absolute Gasteiger partial charge is 0.394 e. The molecule has 1 aromatic heterocycles. The number of nitrogen functional groups attached to an aromatic ring is 1. The molecule has 2 rings (SSSR count). The van der Waals surface area contributed by atoms with Gasteiger partial charge in [0.05, 0.1) is 6.61 Å². The number of nitrogens with two attached hydrogens (primary N) is 1. The smallest absolute Gasteiger partial charge is 0.182 e. The van der Waals surface area contributed by atoms with Crippen LogP contribution in [-0.4, -0.2) is 50.0 Å². The molecule has 0 aromatic carbocycles. The average molecular weight is 265 g/mol. The quantitative estimate of drug-likeness (QED) is 0.469. The lowest BCUT2D eigenvalue weighted by Crippen LogP contribution is -2.33. The third-order valence-electron chi connectivity index (χ3n) is 2.92. The zero-order chi connectivity index (χ0) is 14.2. The minimum atomic E-state index is -1.38. The second kappa shape index (κ2) is 4.84. The van der Waals surface area contributed by atoms with Crippen LogP contribution in [-0.2, 0) is 4.74 Å². The van der Waals surface area contributed by atoms with Crippen LogP contribution in [0.5, 0.6) is 0 Å². The summed E-state index contributed by atoms with van der Waals surface area (Å²) in [6.07, 6.45) is -4.84. The van der Waals surface area contributed by atoms with Crippen molar-refractivity contribution >= 4 is 5.82 Å². The lowest BCUT2D eigenvalue weighted by atomic mass is 10.1. The summed E-state index contributed by atoms with van der Waals surface area (Å²) in [7, 11) is 0. The first kappa shape index (κ1) is 13.3. The van der Waals surface area contributed by atoms with Gasteiger partial charge in [-0.3, -0.25) is 0 Å². The first-order valence-corrected chi connectivity index (χ1v) is 5.35. The van der Waals surface area contributed by atoms with Gasteiger partial charge in [0.1, 0.15) is 41.8 Å². The van der Waals surface area contributed by atoms with Gasteiger partial charge in [-0.1, -0.05) is 0 Å². The average Bonchev–Trinajstić information content (AvgIpc) is 2.88. The van der Waals surface area contributed by atoms with Crippen molar-refractivity contribution < 1.29 is 20.1 Å². The van der Waals surface area contributed by atoms with E-state index in [1.807, 2.05) is 0 Å². The third kappa shape index (κ3) is 1.91. The summed E-state index contributed by atoms with van der Waals surface area (Å²) >= 11 is 0. The molecule has 9 nitrogen and oxygen atoms in total. The summed E-state index contributed by atoms with van der Waals surface area (Å²) in [5.74, 6) is -0.145. The fourth-order valence-corrected chi connectivity index (χ4v) is 1.91. The van der Waals surface area contributed by atoms with Gasteiger partial charge in [-0.15, -0.1) is 0 Å². The standard InChI is InChI=1S/C10H11N5O4/c11-1-4-5(2-12)14-15(9(4)13)10-8(18)7(17)6(3-16)19-10/h6-8,10,16-18H,3,13H2. The number of anilines is 1. The van der Waals surface area contributed by atoms with Crippen molar-refractivity contribution in [2.45, 2.75) is 24.5 Å². The van der Waals surface area contributed by atoms with Crippen LogP contribution in [0.25, 0.3) is 0 Å². The number of rotatable bonds is 2. The van der Waals surface area contributed by atoms with Crippen LogP contribution in [0.4, 0.5) is 5.82 Å². The summed E-state index contributed by atoms with van der Waals surface area (Å²) < 4.78 is 6.17. The molecule has 9 heteroatoms. The predicted octanol–water partition coefficient (Wildman–Crippen LogP) is -2.18. The summed E-state index contributed by atoms with van der Waals surface area (Å²) in [5.41, 5.74) is 5.33. The van der Waals surface area contributed by atoms with Crippen molar-refractivity contribution in [3.8, 4) is 12.1 Å². The van der Waals surface area contributed by atoms with Gasteiger partial charge >= 0.3 is 0 Å². The number of aliphatic hydroxyl groups excluding tert-OH is 3. The molecule has 4 unspecified atom stereocenters. The van der Waals surface area contributed by atoms with E-state index in [-0.39, 0.29) is 17.1 Å².